The lowest BCUT2D eigenvalue weighted by atomic mass is 10.1. The summed E-state index contributed by atoms with van der Waals surface area (Å²) < 4.78 is 33.5. The van der Waals surface area contributed by atoms with Crippen molar-refractivity contribution >= 4 is 39.6 Å². The predicted molar refractivity (Wildman–Crippen MR) is 143 cm³/mol. The molecule has 0 unspecified atom stereocenters. The lowest BCUT2D eigenvalue weighted by Gasteiger charge is -2.29. The van der Waals surface area contributed by atoms with E-state index in [0.29, 0.717) is 34.8 Å². The Bertz CT molecular complexity index is 1310. The van der Waals surface area contributed by atoms with Gasteiger partial charge in [-0.3, -0.25) is 9.79 Å². The van der Waals surface area contributed by atoms with Gasteiger partial charge < -0.3 is 9.64 Å². The van der Waals surface area contributed by atoms with E-state index in [0.717, 1.165) is 18.4 Å². The van der Waals surface area contributed by atoms with E-state index in [1.807, 2.05) is 12.1 Å². The fourth-order valence-electron chi connectivity index (χ4n) is 4.37. The molecule has 0 radical (unpaired) electrons. The molecule has 1 aromatic carbocycles. The third kappa shape index (κ3) is 5.57. The van der Waals surface area contributed by atoms with Gasteiger partial charge in [-0.2, -0.15) is 0 Å². The Balaban J connectivity index is 1.72. The van der Waals surface area contributed by atoms with Crippen LogP contribution in [0.1, 0.15) is 50.9 Å². The third-order valence-corrected chi connectivity index (χ3v) is 8.02. The van der Waals surface area contributed by atoms with E-state index in [4.69, 9.17) is 21.3 Å². The van der Waals surface area contributed by atoms with Crippen LogP contribution >= 0.6 is 11.6 Å². The molecule has 36 heavy (non-hydrogen) atoms. The Kier molecular flexibility index (Phi) is 7.70. The highest BCUT2D eigenvalue weighted by Gasteiger charge is 2.33. The molecule has 4 rings (SSSR count). The second kappa shape index (κ2) is 10.6. The fraction of sp³-hybridized carbons (Fsp3) is 0.423. The van der Waals surface area contributed by atoms with Gasteiger partial charge in [0.05, 0.1) is 34.3 Å². The van der Waals surface area contributed by atoms with Gasteiger partial charge in [0, 0.05) is 23.9 Å². The Morgan fingerprint density at radius 3 is 2.56 bits per heavy atom. The van der Waals surface area contributed by atoms with Gasteiger partial charge in [0.25, 0.3) is 15.9 Å². The summed E-state index contributed by atoms with van der Waals surface area (Å²) in [7, 11) is -4.00. The number of hydrogen-bond donors (Lipinski definition) is 1. The molecule has 2 aliphatic heterocycles. The summed E-state index contributed by atoms with van der Waals surface area (Å²) in [6, 6.07) is 9.08. The molecule has 0 saturated carbocycles. The van der Waals surface area contributed by atoms with Gasteiger partial charge >= 0.3 is 0 Å². The maximum Gasteiger partial charge on any atom is 0.268 e. The van der Waals surface area contributed by atoms with Gasteiger partial charge in [-0.1, -0.05) is 31.5 Å². The maximum atomic E-state index is 13.2. The average Bonchev–Trinajstić information content (AvgIpc) is 3.48. The normalized spacial score (nSPS) is 19.6. The highest BCUT2D eigenvalue weighted by molar-refractivity contribution is 7.94. The van der Waals surface area contributed by atoms with Crippen LogP contribution in [0, 0.1) is 5.92 Å². The number of sulfonamides is 1. The van der Waals surface area contributed by atoms with Crippen molar-refractivity contribution < 1.29 is 17.9 Å². The number of nitrogens with one attached hydrogen (secondary N) is 1. The van der Waals surface area contributed by atoms with Gasteiger partial charge in [0.1, 0.15) is 11.6 Å². The molecule has 192 valence electrons. The molecule has 1 aromatic heterocycles. The second-order valence-corrected chi connectivity index (χ2v) is 11.8. The van der Waals surface area contributed by atoms with Crippen molar-refractivity contribution in [2.75, 3.05) is 18.1 Å². The maximum absolute atomic E-state index is 13.2. The Morgan fingerprint density at radius 1 is 1.19 bits per heavy atom. The van der Waals surface area contributed by atoms with E-state index in [1.165, 1.54) is 12.3 Å². The molecule has 1 N–H and O–H groups in total. The number of pyridine rings is 1. The first-order valence-corrected chi connectivity index (χ1v) is 13.9. The average molecular weight is 531 g/mol. The highest BCUT2D eigenvalue weighted by Crippen LogP contribution is 2.35. The van der Waals surface area contributed by atoms with Crippen LogP contribution in [0.15, 0.2) is 46.3 Å². The van der Waals surface area contributed by atoms with E-state index in [9.17, 15) is 13.2 Å². The fourth-order valence-corrected chi connectivity index (χ4v) is 5.52. The van der Waals surface area contributed by atoms with Crippen molar-refractivity contribution in [2.45, 2.75) is 52.6 Å². The first kappa shape index (κ1) is 26.2. The standard InChI is InChI=1S/C26H31ClN4O4S/c1-16(2)15-35-24-13-19(7-9-22(24)27)23-10-8-21(25(29-23)31-17(3)5-6-18(31)4)26(32)30-36(33,34)20-11-12-28-14-20/h7-13,16-18H,5-6,14-15H2,1-4H3,(H,30,32)/t17-,18+. The van der Waals surface area contributed by atoms with Gasteiger partial charge in [-0.05, 0) is 62.9 Å². The van der Waals surface area contributed by atoms with Crippen LogP contribution in [0.2, 0.25) is 5.02 Å². The number of aromatic nitrogens is 1. The number of amides is 1. The molecule has 0 aliphatic carbocycles. The van der Waals surface area contributed by atoms with E-state index in [1.54, 1.807) is 18.2 Å². The molecule has 0 spiro atoms. The van der Waals surface area contributed by atoms with Crippen LogP contribution in [0.25, 0.3) is 11.3 Å². The number of allylic oxidation sites excluding steroid dienone is 1. The van der Waals surface area contributed by atoms with E-state index >= 15 is 0 Å². The highest BCUT2D eigenvalue weighted by atomic mass is 35.5. The first-order chi connectivity index (χ1) is 17.1. The molecule has 8 nitrogen and oxygen atoms in total. The molecule has 1 saturated heterocycles. The predicted octanol–water partition coefficient (Wildman–Crippen LogP) is 4.84. The van der Waals surface area contributed by atoms with Crippen molar-refractivity contribution in [1.29, 1.82) is 0 Å². The number of benzene rings is 1. The van der Waals surface area contributed by atoms with Crippen LogP contribution in [0.5, 0.6) is 5.75 Å². The summed E-state index contributed by atoms with van der Waals surface area (Å²) >= 11 is 6.35. The lowest BCUT2D eigenvalue weighted by Crippen LogP contribution is -2.37. The number of carbonyl (C=O) groups excluding carboxylic acids is 1. The van der Waals surface area contributed by atoms with Crippen molar-refractivity contribution in [3.8, 4) is 17.0 Å². The van der Waals surface area contributed by atoms with E-state index in [-0.39, 0.29) is 29.1 Å². The number of halogens is 1. The van der Waals surface area contributed by atoms with Gasteiger partial charge in [-0.25, -0.2) is 18.1 Å². The van der Waals surface area contributed by atoms with Crippen molar-refractivity contribution in [3.05, 3.63) is 51.9 Å². The number of nitrogens with zero attached hydrogens (tertiary/aromatic N) is 3. The molecule has 1 fully saturated rings. The minimum Gasteiger partial charge on any atom is -0.492 e. The zero-order valence-corrected chi connectivity index (χ0v) is 22.4. The molecule has 3 heterocycles. The van der Waals surface area contributed by atoms with Crippen LogP contribution < -0.4 is 14.4 Å². The number of carbonyl (C=O) groups is 1. The molecular formula is C26H31ClN4O4S. The summed E-state index contributed by atoms with van der Waals surface area (Å²) in [5.41, 5.74) is 1.62. The molecule has 2 aromatic rings. The smallest absolute Gasteiger partial charge is 0.268 e. The quantitative estimate of drug-likeness (QED) is 0.524. The topological polar surface area (TPSA) is 101 Å². The molecule has 10 heteroatoms. The summed E-state index contributed by atoms with van der Waals surface area (Å²) in [5, 5.41) is 0.507. The van der Waals surface area contributed by atoms with Crippen LogP contribution in [0.4, 0.5) is 5.82 Å². The largest absolute Gasteiger partial charge is 0.492 e. The SMILES string of the molecule is CC(C)COc1cc(-c2ccc(C(=O)NS(=O)(=O)C3=CC=NC3)c(N3[C@H](C)CC[C@@H]3C)n2)ccc1Cl. The number of anilines is 1. The summed E-state index contributed by atoms with van der Waals surface area (Å²) in [4.78, 5) is 24.2. The first-order valence-electron chi connectivity index (χ1n) is 12.0. The van der Waals surface area contributed by atoms with Gasteiger partial charge in [0.2, 0.25) is 0 Å². The number of hydrogen-bond acceptors (Lipinski definition) is 7. The number of ether oxygens (including phenoxy) is 1. The van der Waals surface area contributed by atoms with Gasteiger partial charge in [-0.15, -0.1) is 0 Å². The Labute approximate surface area is 217 Å². The number of aliphatic imine (C=N–C) groups is 1. The molecule has 1 amide bonds. The Hall–Kier alpha value is -2.91. The zero-order chi connectivity index (χ0) is 26.0. The lowest BCUT2D eigenvalue weighted by molar-refractivity contribution is 0.0982. The van der Waals surface area contributed by atoms with Crippen LogP contribution in [-0.4, -0.2) is 50.8 Å². The molecule has 2 aliphatic rings. The molecule has 0 bridgehead atoms. The van der Waals surface area contributed by atoms with E-state index in [2.05, 4.69) is 42.3 Å². The minimum atomic E-state index is -4.00. The van der Waals surface area contributed by atoms with Gasteiger partial charge in [0.15, 0.2) is 0 Å². The zero-order valence-electron chi connectivity index (χ0n) is 20.9. The summed E-state index contributed by atoms with van der Waals surface area (Å²) in [6.07, 6.45) is 4.71. The summed E-state index contributed by atoms with van der Waals surface area (Å²) in [5.74, 6) is 0.636. The van der Waals surface area contributed by atoms with Crippen molar-refractivity contribution in [2.24, 2.45) is 10.9 Å². The Morgan fingerprint density at radius 2 is 1.92 bits per heavy atom. The molecule has 2 atom stereocenters. The third-order valence-electron chi connectivity index (χ3n) is 6.30. The summed E-state index contributed by atoms with van der Waals surface area (Å²) in [6.45, 7) is 8.83. The van der Waals surface area contributed by atoms with Crippen molar-refractivity contribution in [1.82, 2.24) is 9.71 Å². The monoisotopic (exact) mass is 530 g/mol. The number of rotatable bonds is 8. The van der Waals surface area contributed by atoms with Crippen molar-refractivity contribution in [3.63, 3.8) is 0 Å². The van der Waals surface area contributed by atoms with Crippen LogP contribution in [-0.2, 0) is 10.0 Å². The van der Waals surface area contributed by atoms with E-state index < -0.39 is 15.9 Å². The van der Waals surface area contributed by atoms with Crippen LogP contribution in [0.3, 0.4) is 0 Å². The molecular weight excluding hydrogens is 500 g/mol. The minimum absolute atomic E-state index is 0.0185. The second-order valence-electron chi connectivity index (χ2n) is 9.66.